The van der Waals surface area contributed by atoms with Crippen molar-refractivity contribution in [3.8, 4) is 16.9 Å². The Morgan fingerprint density at radius 3 is 2.56 bits per heavy atom. The van der Waals surface area contributed by atoms with Gasteiger partial charge in [-0.3, -0.25) is 4.79 Å². The maximum absolute atomic E-state index is 13.8. The fourth-order valence-corrected chi connectivity index (χ4v) is 1.86. The molecule has 2 aromatic carbocycles. The lowest BCUT2D eigenvalue weighted by molar-refractivity contribution is 0.112. The highest BCUT2D eigenvalue weighted by Crippen LogP contribution is 2.29. The van der Waals surface area contributed by atoms with E-state index in [0.29, 0.717) is 28.7 Å². The molecule has 2 rings (SSSR count). The Balaban J connectivity index is 2.63. The van der Waals surface area contributed by atoms with Gasteiger partial charge < -0.3 is 4.74 Å². The molecule has 0 radical (unpaired) electrons. The third-order valence-electron chi connectivity index (χ3n) is 2.80. The van der Waals surface area contributed by atoms with Gasteiger partial charge in [0.05, 0.1) is 7.11 Å². The number of aryl methyl sites for hydroxylation is 1. The number of hydrogen-bond acceptors (Lipinski definition) is 2. The Morgan fingerprint density at radius 1 is 1.11 bits per heavy atom. The van der Waals surface area contributed by atoms with Crippen molar-refractivity contribution < 1.29 is 13.9 Å². The van der Waals surface area contributed by atoms with Crippen molar-refractivity contribution in [2.75, 3.05) is 7.11 Å². The van der Waals surface area contributed by atoms with Gasteiger partial charge in [-0.25, -0.2) is 4.39 Å². The van der Waals surface area contributed by atoms with Gasteiger partial charge in [-0.1, -0.05) is 11.6 Å². The van der Waals surface area contributed by atoms with Gasteiger partial charge in [0, 0.05) is 11.1 Å². The number of aldehydes is 1. The molecule has 0 bridgehead atoms. The van der Waals surface area contributed by atoms with Gasteiger partial charge in [0.2, 0.25) is 0 Å². The van der Waals surface area contributed by atoms with Crippen LogP contribution in [0.15, 0.2) is 36.4 Å². The van der Waals surface area contributed by atoms with Crippen LogP contribution in [0.3, 0.4) is 0 Å². The molecule has 3 heteroatoms. The van der Waals surface area contributed by atoms with Crippen molar-refractivity contribution in [1.82, 2.24) is 0 Å². The first-order valence-corrected chi connectivity index (χ1v) is 5.55. The molecule has 2 aromatic rings. The Labute approximate surface area is 105 Å². The van der Waals surface area contributed by atoms with Crippen LogP contribution < -0.4 is 4.74 Å². The van der Waals surface area contributed by atoms with Crippen LogP contribution in [0.5, 0.6) is 5.75 Å². The van der Waals surface area contributed by atoms with Gasteiger partial charge in [-0.15, -0.1) is 0 Å². The number of hydrogen-bond donors (Lipinski definition) is 0. The first-order chi connectivity index (χ1) is 8.65. The minimum Gasteiger partial charge on any atom is -0.497 e. The van der Waals surface area contributed by atoms with E-state index in [9.17, 15) is 9.18 Å². The zero-order valence-corrected chi connectivity index (χ0v) is 10.2. The highest BCUT2D eigenvalue weighted by atomic mass is 19.1. The second-order valence-electron chi connectivity index (χ2n) is 4.05. The minimum absolute atomic E-state index is 0.339. The van der Waals surface area contributed by atoms with Crippen molar-refractivity contribution in [1.29, 1.82) is 0 Å². The maximum Gasteiger partial charge on any atom is 0.150 e. The Bertz CT molecular complexity index is 591. The lowest BCUT2D eigenvalue weighted by Crippen LogP contribution is -1.93. The second kappa shape index (κ2) is 5.00. The van der Waals surface area contributed by atoms with Crippen LogP contribution in [0.25, 0.3) is 11.1 Å². The van der Waals surface area contributed by atoms with Crippen molar-refractivity contribution in [3.05, 3.63) is 53.3 Å². The zero-order valence-electron chi connectivity index (χ0n) is 10.2. The van der Waals surface area contributed by atoms with E-state index in [-0.39, 0.29) is 5.82 Å². The van der Waals surface area contributed by atoms with Gasteiger partial charge in [0.1, 0.15) is 11.6 Å². The molecule has 92 valence electrons. The minimum atomic E-state index is -0.339. The molecule has 18 heavy (non-hydrogen) atoms. The van der Waals surface area contributed by atoms with Crippen LogP contribution in [0.2, 0.25) is 0 Å². The average molecular weight is 244 g/mol. The van der Waals surface area contributed by atoms with Gasteiger partial charge in [0.15, 0.2) is 6.29 Å². The first kappa shape index (κ1) is 12.3. The molecule has 0 heterocycles. The quantitative estimate of drug-likeness (QED) is 0.771. The lowest BCUT2D eigenvalue weighted by atomic mass is 9.98. The van der Waals surface area contributed by atoms with Crippen LogP contribution >= 0.6 is 0 Å². The second-order valence-corrected chi connectivity index (χ2v) is 4.05. The molecular weight excluding hydrogens is 231 g/mol. The van der Waals surface area contributed by atoms with Crippen molar-refractivity contribution in [2.24, 2.45) is 0 Å². The highest BCUT2D eigenvalue weighted by molar-refractivity contribution is 5.88. The molecule has 0 aliphatic carbocycles. The number of benzene rings is 2. The summed E-state index contributed by atoms with van der Waals surface area (Å²) < 4.78 is 18.9. The van der Waals surface area contributed by atoms with Crippen molar-refractivity contribution >= 4 is 6.29 Å². The summed E-state index contributed by atoms with van der Waals surface area (Å²) in [6.07, 6.45) is 0.708. The van der Waals surface area contributed by atoms with E-state index in [1.54, 1.807) is 30.3 Å². The van der Waals surface area contributed by atoms with Crippen LogP contribution in [0.4, 0.5) is 4.39 Å². The SMILES string of the molecule is COc1ccc(-c2cc(C)ccc2F)c(C=O)c1. The standard InChI is InChI=1S/C15H13FO2/c1-10-3-6-15(16)14(7-10)13-5-4-12(18-2)8-11(13)9-17/h3-9H,1-2H3. The summed E-state index contributed by atoms with van der Waals surface area (Å²) >= 11 is 0. The van der Waals surface area contributed by atoms with E-state index in [2.05, 4.69) is 0 Å². The van der Waals surface area contributed by atoms with Crippen molar-refractivity contribution in [2.45, 2.75) is 6.92 Å². The predicted molar refractivity (Wildman–Crippen MR) is 68.5 cm³/mol. The van der Waals surface area contributed by atoms with Crippen molar-refractivity contribution in [3.63, 3.8) is 0 Å². The molecule has 0 aliphatic heterocycles. The molecule has 0 aliphatic rings. The third-order valence-corrected chi connectivity index (χ3v) is 2.80. The molecule has 0 atom stereocenters. The number of halogens is 1. The smallest absolute Gasteiger partial charge is 0.150 e. The van der Waals surface area contributed by atoms with Crippen LogP contribution in [-0.2, 0) is 0 Å². The number of carbonyl (C=O) groups is 1. The molecule has 0 aromatic heterocycles. The molecule has 0 N–H and O–H groups in total. The maximum atomic E-state index is 13.8. The highest BCUT2D eigenvalue weighted by Gasteiger charge is 2.10. The van der Waals surface area contributed by atoms with E-state index in [4.69, 9.17) is 4.74 Å². The van der Waals surface area contributed by atoms with Gasteiger partial charge in [-0.05, 0) is 42.8 Å². The van der Waals surface area contributed by atoms with E-state index >= 15 is 0 Å². The fourth-order valence-electron chi connectivity index (χ4n) is 1.86. The summed E-state index contributed by atoms with van der Waals surface area (Å²) in [5.74, 6) is 0.239. The van der Waals surface area contributed by atoms with Crippen LogP contribution in [-0.4, -0.2) is 13.4 Å². The average Bonchev–Trinajstić information content (AvgIpc) is 2.41. The summed E-state index contributed by atoms with van der Waals surface area (Å²) in [4.78, 5) is 11.1. The summed E-state index contributed by atoms with van der Waals surface area (Å²) in [5, 5.41) is 0. The molecule has 0 unspecified atom stereocenters. The molecule has 0 fully saturated rings. The third kappa shape index (κ3) is 2.25. The van der Waals surface area contributed by atoms with E-state index < -0.39 is 0 Å². The van der Waals surface area contributed by atoms with Crippen LogP contribution in [0, 0.1) is 12.7 Å². The first-order valence-electron chi connectivity index (χ1n) is 5.55. The van der Waals surface area contributed by atoms with E-state index in [1.165, 1.54) is 13.2 Å². The zero-order chi connectivity index (χ0) is 13.1. The van der Waals surface area contributed by atoms with Crippen LogP contribution in [0.1, 0.15) is 15.9 Å². The summed E-state index contributed by atoms with van der Waals surface area (Å²) in [6, 6.07) is 9.84. The number of ether oxygens (including phenoxy) is 1. The largest absolute Gasteiger partial charge is 0.497 e. The summed E-state index contributed by atoms with van der Waals surface area (Å²) in [7, 11) is 1.52. The Hall–Kier alpha value is -2.16. The van der Waals surface area contributed by atoms with E-state index in [1.807, 2.05) is 6.92 Å². The molecule has 0 saturated carbocycles. The molecule has 0 saturated heterocycles. The predicted octanol–water partition coefficient (Wildman–Crippen LogP) is 3.62. The monoisotopic (exact) mass is 244 g/mol. The topological polar surface area (TPSA) is 26.3 Å². The number of carbonyl (C=O) groups excluding carboxylic acids is 1. The van der Waals surface area contributed by atoms with E-state index in [0.717, 1.165) is 5.56 Å². The van der Waals surface area contributed by atoms with Gasteiger partial charge in [0.25, 0.3) is 0 Å². The summed E-state index contributed by atoms with van der Waals surface area (Å²) in [6.45, 7) is 1.88. The lowest BCUT2D eigenvalue weighted by Gasteiger charge is -2.09. The Kier molecular flexibility index (Phi) is 3.42. The number of rotatable bonds is 3. The Morgan fingerprint density at radius 2 is 1.89 bits per heavy atom. The summed E-state index contributed by atoms with van der Waals surface area (Å²) in [5.41, 5.74) is 2.37. The molecule has 2 nitrogen and oxygen atoms in total. The normalized spacial score (nSPS) is 10.2. The molecule has 0 spiro atoms. The molecule has 0 amide bonds. The van der Waals surface area contributed by atoms with Gasteiger partial charge in [-0.2, -0.15) is 0 Å². The molecular formula is C15H13FO2. The van der Waals surface area contributed by atoms with Gasteiger partial charge >= 0.3 is 0 Å². The number of methoxy groups -OCH3 is 1. The fraction of sp³-hybridized carbons (Fsp3) is 0.133.